The molecule has 1 saturated carbocycles. The third kappa shape index (κ3) is 4.93. The maximum absolute atomic E-state index is 11.9. The quantitative estimate of drug-likeness (QED) is 0.718. The molecule has 2 N–H and O–H groups in total. The van der Waals surface area contributed by atoms with Gasteiger partial charge in [0.25, 0.3) is 0 Å². The van der Waals surface area contributed by atoms with Crippen LogP contribution < -0.4 is 15.4 Å². The number of nitrogens with two attached hydrogens (primary N) is 1. The Labute approximate surface area is 180 Å². The molecule has 1 saturated heterocycles. The SMILES string of the molecule is CCOC(=O)N(C)[C@H]1C[C@H](Oc2cc(-c3cnc(N)nc3)nc(N3CCOCC3)n2)C1. The van der Waals surface area contributed by atoms with Crippen LogP contribution in [0.5, 0.6) is 5.88 Å². The van der Waals surface area contributed by atoms with Gasteiger partial charge in [-0.3, -0.25) is 0 Å². The summed E-state index contributed by atoms with van der Waals surface area (Å²) in [4.78, 5) is 33.0. The summed E-state index contributed by atoms with van der Waals surface area (Å²) < 4.78 is 16.6. The van der Waals surface area contributed by atoms with Gasteiger partial charge in [-0.2, -0.15) is 4.98 Å². The molecule has 11 nitrogen and oxygen atoms in total. The van der Waals surface area contributed by atoms with E-state index in [1.807, 2.05) is 0 Å². The highest BCUT2D eigenvalue weighted by molar-refractivity contribution is 5.67. The Morgan fingerprint density at radius 3 is 2.65 bits per heavy atom. The highest BCUT2D eigenvalue weighted by Gasteiger charge is 2.36. The van der Waals surface area contributed by atoms with Gasteiger partial charge >= 0.3 is 6.09 Å². The van der Waals surface area contributed by atoms with Gasteiger partial charge in [0.15, 0.2) is 0 Å². The highest BCUT2D eigenvalue weighted by Crippen LogP contribution is 2.31. The molecule has 2 aliphatic rings. The molecule has 0 atom stereocenters. The first-order valence-corrected chi connectivity index (χ1v) is 10.4. The van der Waals surface area contributed by atoms with Crippen LogP contribution in [0.2, 0.25) is 0 Å². The third-order valence-corrected chi connectivity index (χ3v) is 5.41. The molecule has 0 bridgehead atoms. The summed E-state index contributed by atoms with van der Waals surface area (Å²) in [6.45, 7) is 4.81. The van der Waals surface area contributed by atoms with Crippen molar-refractivity contribution in [2.24, 2.45) is 0 Å². The molecule has 1 aliphatic heterocycles. The third-order valence-electron chi connectivity index (χ3n) is 5.41. The largest absolute Gasteiger partial charge is 0.474 e. The van der Waals surface area contributed by atoms with Gasteiger partial charge in [-0.15, -0.1) is 0 Å². The summed E-state index contributed by atoms with van der Waals surface area (Å²) in [7, 11) is 1.75. The lowest BCUT2D eigenvalue weighted by Gasteiger charge is -2.40. The van der Waals surface area contributed by atoms with Crippen LogP contribution in [-0.4, -0.2) is 83.0 Å². The summed E-state index contributed by atoms with van der Waals surface area (Å²) in [5.74, 6) is 1.26. The smallest absolute Gasteiger partial charge is 0.409 e. The summed E-state index contributed by atoms with van der Waals surface area (Å²) in [6, 6.07) is 1.87. The number of nitrogens with zero attached hydrogens (tertiary/aromatic N) is 6. The average molecular weight is 429 g/mol. The van der Waals surface area contributed by atoms with Crippen molar-refractivity contribution in [1.29, 1.82) is 0 Å². The molecule has 0 aromatic carbocycles. The van der Waals surface area contributed by atoms with Crippen LogP contribution in [0.4, 0.5) is 16.7 Å². The minimum Gasteiger partial charge on any atom is -0.474 e. The summed E-state index contributed by atoms with van der Waals surface area (Å²) in [5.41, 5.74) is 7.00. The van der Waals surface area contributed by atoms with Gasteiger partial charge < -0.3 is 29.7 Å². The number of aromatic nitrogens is 4. The van der Waals surface area contributed by atoms with Crippen molar-refractivity contribution in [2.75, 3.05) is 50.6 Å². The summed E-state index contributed by atoms with van der Waals surface area (Å²) in [5, 5.41) is 0. The lowest BCUT2D eigenvalue weighted by atomic mass is 9.88. The number of amides is 1. The van der Waals surface area contributed by atoms with E-state index in [-0.39, 0.29) is 24.2 Å². The maximum Gasteiger partial charge on any atom is 0.409 e. The van der Waals surface area contributed by atoms with Crippen molar-refractivity contribution in [1.82, 2.24) is 24.8 Å². The predicted octanol–water partition coefficient (Wildman–Crippen LogP) is 1.35. The van der Waals surface area contributed by atoms with Crippen LogP contribution in [0.25, 0.3) is 11.3 Å². The zero-order valence-corrected chi connectivity index (χ0v) is 17.7. The Balaban J connectivity index is 1.49. The Bertz CT molecular complexity index is 899. The number of rotatable bonds is 6. The lowest BCUT2D eigenvalue weighted by molar-refractivity contribution is 0.0209. The number of hydrogen-bond donors (Lipinski definition) is 1. The first-order valence-electron chi connectivity index (χ1n) is 10.4. The molecular formula is C20H27N7O4. The van der Waals surface area contributed by atoms with Crippen molar-refractivity contribution in [2.45, 2.75) is 31.9 Å². The van der Waals surface area contributed by atoms with E-state index in [0.29, 0.717) is 63.3 Å². The molecule has 2 aromatic heterocycles. The minimum absolute atomic E-state index is 0.0372. The monoisotopic (exact) mass is 429 g/mol. The summed E-state index contributed by atoms with van der Waals surface area (Å²) >= 11 is 0. The maximum atomic E-state index is 11.9. The molecule has 1 aliphatic carbocycles. The second-order valence-corrected chi connectivity index (χ2v) is 7.50. The van der Waals surface area contributed by atoms with Crippen LogP contribution in [0, 0.1) is 0 Å². The number of hydrogen-bond acceptors (Lipinski definition) is 10. The molecule has 1 amide bonds. The zero-order chi connectivity index (χ0) is 21.8. The number of morpholine rings is 1. The Morgan fingerprint density at radius 2 is 1.97 bits per heavy atom. The second kappa shape index (κ2) is 9.29. The molecule has 0 radical (unpaired) electrons. The molecule has 2 aromatic rings. The highest BCUT2D eigenvalue weighted by atomic mass is 16.6. The molecule has 11 heteroatoms. The summed E-state index contributed by atoms with van der Waals surface area (Å²) in [6.07, 6.45) is 4.34. The zero-order valence-electron chi connectivity index (χ0n) is 17.7. The van der Waals surface area contributed by atoms with E-state index in [0.717, 1.165) is 5.56 Å². The van der Waals surface area contributed by atoms with Crippen molar-refractivity contribution < 1.29 is 19.0 Å². The molecule has 3 heterocycles. The van der Waals surface area contributed by atoms with E-state index in [1.54, 1.807) is 37.3 Å². The number of nitrogen functional groups attached to an aromatic ring is 1. The Morgan fingerprint density at radius 1 is 1.26 bits per heavy atom. The fraction of sp³-hybridized carbons (Fsp3) is 0.550. The average Bonchev–Trinajstić information content (AvgIpc) is 2.76. The minimum atomic E-state index is -0.312. The molecular weight excluding hydrogens is 402 g/mol. The molecule has 31 heavy (non-hydrogen) atoms. The molecule has 0 unspecified atom stereocenters. The van der Waals surface area contributed by atoms with Gasteiger partial charge in [-0.1, -0.05) is 0 Å². The van der Waals surface area contributed by atoms with Crippen molar-refractivity contribution in [3.8, 4) is 17.1 Å². The molecule has 2 fully saturated rings. The number of ether oxygens (including phenoxy) is 3. The van der Waals surface area contributed by atoms with Crippen molar-refractivity contribution >= 4 is 18.0 Å². The topological polar surface area (TPSA) is 129 Å². The number of anilines is 2. The van der Waals surface area contributed by atoms with Crippen LogP contribution in [0.3, 0.4) is 0 Å². The first kappa shape index (κ1) is 21.0. The van der Waals surface area contributed by atoms with Gasteiger partial charge in [0, 0.05) is 63.0 Å². The van der Waals surface area contributed by atoms with E-state index in [9.17, 15) is 4.79 Å². The van der Waals surface area contributed by atoms with E-state index in [4.69, 9.17) is 19.9 Å². The van der Waals surface area contributed by atoms with Crippen LogP contribution >= 0.6 is 0 Å². The lowest BCUT2D eigenvalue weighted by Crippen LogP contribution is -2.50. The fourth-order valence-electron chi connectivity index (χ4n) is 3.49. The predicted molar refractivity (Wildman–Crippen MR) is 113 cm³/mol. The van der Waals surface area contributed by atoms with E-state index in [2.05, 4.69) is 24.8 Å². The first-order chi connectivity index (χ1) is 15.0. The van der Waals surface area contributed by atoms with Crippen LogP contribution in [0.15, 0.2) is 18.5 Å². The van der Waals surface area contributed by atoms with Gasteiger partial charge in [-0.25, -0.2) is 19.7 Å². The number of carbonyl (C=O) groups is 1. The standard InChI is InChI=1S/C20H27N7O4/c1-3-30-20(28)26(2)14-8-15(9-14)31-17-10-16(13-11-22-18(21)23-12-13)24-19(25-17)27-4-6-29-7-5-27/h10-12,14-15H,3-9H2,1-2H3,(H2,21,22,23)/t14-,15-. The second-order valence-electron chi connectivity index (χ2n) is 7.50. The van der Waals surface area contributed by atoms with E-state index in [1.165, 1.54) is 0 Å². The van der Waals surface area contributed by atoms with Gasteiger partial charge in [0.05, 0.1) is 25.5 Å². The Hall–Kier alpha value is -3.21. The van der Waals surface area contributed by atoms with Crippen LogP contribution in [0.1, 0.15) is 19.8 Å². The fourth-order valence-corrected chi connectivity index (χ4v) is 3.49. The molecule has 166 valence electrons. The molecule has 4 rings (SSSR count). The van der Waals surface area contributed by atoms with Gasteiger partial charge in [0.1, 0.15) is 6.10 Å². The van der Waals surface area contributed by atoms with E-state index < -0.39 is 0 Å². The van der Waals surface area contributed by atoms with Crippen LogP contribution in [-0.2, 0) is 9.47 Å². The molecule has 0 spiro atoms. The van der Waals surface area contributed by atoms with E-state index >= 15 is 0 Å². The van der Waals surface area contributed by atoms with Crippen molar-refractivity contribution in [3.05, 3.63) is 18.5 Å². The number of carbonyl (C=O) groups excluding carboxylic acids is 1. The van der Waals surface area contributed by atoms with Gasteiger partial charge in [0.2, 0.25) is 17.8 Å². The van der Waals surface area contributed by atoms with Gasteiger partial charge in [-0.05, 0) is 6.92 Å². The normalized spacial score (nSPS) is 20.6. The van der Waals surface area contributed by atoms with Crippen molar-refractivity contribution in [3.63, 3.8) is 0 Å². The Kier molecular flexibility index (Phi) is 6.31.